The highest BCUT2D eigenvalue weighted by Gasteiger charge is 2.48. The molecule has 5 heteroatoms. The van der Waals surface area contributed by atoms with E-state index in [-0.39, 0.29) is 11.4 Å². The van der Waals surface area contributed by atoms with E-state index >= 15 is 0 Å². The molecule has 0 aromatic heterocycles. The van der Waals surface area contributed by atoms with Crippen LogP contribution in [0.15, 0.2) is 11.6 Å². The topological polar surface area (TPSA) is 62.6 Å². The average molecular weight is 290 g/mol. The Bertz CT molecular complexity index is 516. The maximum absolute atomic E-state index is 12.2. The van der Waals surface area contributed by atoms with E-state index in [0.717, 1.165) is 32.8 Å². The van der Waals surface area contributed by atoms with E-state index in [4.69, 9.17) is 9.47 Å². The summed E-state index contributed by atoms with van der Waals surface area (Å²) in [5.41, 5.74) is -0.784. The zero-order chi connectivity index (χ0) is 15.1. The molecule has 2 fully saturated rings. The van der Waals surface area contributed by atoms with Gasteiger partial charge < -0.3 is 9.47 Å². The Balaban J connectivity index is 1.80. The second-order valence-electron chi connectivity index (χ2n) is 7.11. The fraction of sp³-hybridized carbons (Fsp3) is 0.750. The van der Waals surface area contributed by atoms with Gasteiger partial charge in [0.05, 0.1) is 25.4 Å². The monoisotopic (exact) mass is 290 g/mol. The third-order valence-corrected chi connectivity index (χ3v) is 4.64. The van der Waals surface area contributed by atoms with Crippen molar-refractivity contribution in [2.45, 2.75) is 25.9 Å². The zero-order valence-electron chi connectivity index (χ0n) is 12.7. The first-order valence-corrected chi connectivity index (χ1v) is 7.56. The SMILES string of the molecule is CC1(C)CC2(C=C(C#N)C1=O)CN(CC1COC1)CCO2. The number of ether oxygens (including phenoxy) is 2. The summed E-state index contributed by atoms with van der Waals surface area (Å²) in [6.45, 7) is 8.81. The van der Waals surface area contributed by atoms with E-state index in [1.807, 2.05) is 13.8 Å². The average Bonchev–Trinajstić information content (AvgIpc) is 2.38. The molecule has 0 radical (unpaired) electrons. The van der Waals surface area contributed by atoms with Crippen LogP contribution in [0.1, 0.15) is 20.3 Å². The number of carbonyl (C=O) groups excluding carboxylic acids is 1. The van der Waals surface area contributed by atoms with Crippen LogP contribution in [0.4, 0.5) is 0 Å². The molecule has 2 saturated heterocycles. The van der Waals surface area contributed by atoms with Crippen molar-refractivity contribution in [2.24, 2.45) is 11.3 Å². The summed E-state index contributed by atoms with van der Waals surface area (Å²) in [6, 6.07) is 2.05. The van der Waals surface area contributed by atoms with Gasteiger partial charge in [0.2, 0.25) is 0 Å². The Labute approximate surface area is 125 Å². The number of morpholine rings is 1. The number of hydrogen-bond donors (Lipinski definition) is 0. The Morgan fingerprint density at radius 3 is 2.86 bits per heavy atom. The molecule has 0 saturated carbocycles. The van der Waals surface area contributed by atoms with Crippen LogP contribution in [0.2, 0.25) is 0 Å². The lowest BCUT2D eigenvalue weighted by Crippen LogP contribution is -2.57. The maximum Gasteiger partial charge on any atom is 0.178 e. The highest BCUT2D eigenvalue weighted by atomic mass is 16.5. The Kier molecular flexibility index (Phi) is 3.64. The van der Waals surface area contributed by atoms with Crippen LogP contribution in [0.5, 0.6) is 0 Å². The van der Waals surface area contributed by atoms with Crippen molar-refractivity contribution in [1.29, 1.82) is 5.26 Å². The molecule has 2 aliphatic heterocycles. The summed E-state index contributed by atoms with van der Waals surface area (Å²) in [4.78, 5) is 14.6. The molecule has 0 N–H and O–H groups in total. The molecular weight excluding hydrogens is 268 g/mol. The van der Waals surface area contributed by atoms with Gasteiger partial charge >= 0.3 is 0 Å². The van der Waals surface area contributed by atoms with Crippen molar-refractivity contribution in [3.05, 3.63) is 11.6 Å². The Morgan fingerprint density at radius 2 is 2.24 bits per heavy atom. The standard InChI is InChI=1S/C16H22N2O3/c1-15(2)10-16(5-13(6-17)14(15)19)11-18(3-4-21-16)7-12-8-20-9-12/h5,12H,3-4,7-11H2,1-2H3. The molecule has 5 nitrogen and oxygen atoms in total. The second kappa shape index (κ2) is 5.20. The van der Waals surface area contributed by atoms with Crippen LogP contribution in [0.25, 0.3) is 0 Å². The summed E-state index contributed by atoms with van der Waals surface area (Å²) < 4.78 is 11.3. The Morgan fingerprint density at radius 1 is 1.48 bits per heavy atom. The molecule has 1 atom stereocenters. The minimum Gasteiger partial charge on any atom is -0.381 e. The van der Waals surface area contributed by atoms with E-state index in [0.29, 0.717) is 18.9 Å². The minimum atomic E-state index is -0.539. The number of rotatable bonds is 2. The molecular formula is C16H22N2O3. The molecule has 2 heterocycles. The van der Waals surface area contributed by atoms with Crippen molar-refractivity contribution in [3.63, 3.8) is 0 Å². The largest absolute Gasteiger partial charge is 0.381 e. The molecule has 0 amide bonds. The molecule has 0 aromatic rings. The molecule has 21 heavy (non-hydrogen) atoms. The first kappa shape index (κ1) is 14.7. The first-order chi connectivity index (χ1) is 9.94. The van der Waals surface area contributed by atoms with Crippen molar-refractivity contribution in [3.8, 4) is 6.07 Å². The lowest BCUT2D eigenvalue weighted by molar-refractivity contribution is -0.139. The molecule has 1 spiro atoms. The third-order valence-electron chi connectivity index (χ3n) is 4.64. The van der Waals surface area contributed by atoms with Crippen molar-refractivity contribution >= 4 is 5.78 Å². The molecule has 1 unspecified atom stereocenters. The van der Waals surface area contributed by atoms with Gasteiger partial charge in [0, 0.05) is 31.0 Å². The van der Waals surface area contributed by atoms with Crippen LogP contribution >= 0.6 is 0 Å². The normalized spacial score (nSPS) is 33.4. The van der Waals surface area contributed by atoms with E-state index < -0.39 is 11.0 Å². The van der Waals surface area contributed by atoms with Gasteiger partial charge in [-0.3, -0.25) is 9.69 Å². The second-order valence-corrected chi connectivity index (χ2v) is 7.11. The number of carbonyl (C=O) groups is 1. The Hall–Kier alpha value is -1.22. The zero-order valence-corrected chi connectivity index (χ0v) is 12.7. The fourth-order valence-corrected chi connectivity index (χ4v) is 3.64. The first-order valence-electron chi connectivity index (χ1n) is 7.56. The molecule has 3 rings (SSSR count). The fourth-order valence-electron chi connectivity index (χ4n) is 3.64. The summed E-state index contributed by atoms with van der Waals surface area (Å²) in [6.07, 6.45) is 2.41. The van der Waals surface area contributed by atoms with E-state index in [1.54, 1.807) is 6.08 Å². The highest BCUT2D eigenvalue weighted by Crippen LogP contribution is 2.41. The smallest absolute Gasteiger partial charge is 0.178 e. The van der Waals surface area contributed by atoms with Gasteiger partial charge in [-0.15, -0.1) is 0 Å². The van der Waals surface area contributed by atoms with Crippen molar-refractivity contribution in [1.82, 2.24) is 4.90 Å². The van der Waals surface area contributed by atoms with E-state index in [9.17, 15) is 10.1 Å². The molecule has 1 aliphatic carbocycles. The summed E-state index contributed by atoms with van der Waals surface area (Å²) >= 11 is 0. The summed E-state index contributed by atoms with van der Waals surface area (Å²) in [5.74, 6) is 0.543. The van der Waals surface area contributed by atoms with Gasteiger partial charge in [0.15, 0.2) is 5.78 Å². The number of hydrogen-bond acceptors (Lipinski definition) is 5. The minimum absolute atomic E-state index is 0.0660. The summed E-state index contributed by atoms with van der Waals surface area (Å²) in [5, 5.41) is 9.24. The van der Waals surface area contributed by atoms with Crippen LogP contribution in [-0.4, -0.2) is 55.7 Å². The van der Waals surface area contributed by atoms with E-state index in [2.05, 4.69) is 11.0 Å². The lowest BCUT2D eigenvalue weighted by Gasteiger charge is -2.47. The van der Waals surface area contributed by atoms with Gasteiger partial charge in [-0.2, -0.15) is 5.26 Å². The highest BCUT2D eigenvalue weighted by molar-refractivity contribution is 6.03. The number of nitriles is 1. The molecule has 0 bridgehead atoms. The molecule has 3 aliphatic rings. The van der Waals surface area contributed by atoms with Gasteiger partial charge in [0.25, 0.3) is 0 Å². The van der Waals surface area contributed by atoms with Gasteiger partial charge in [-0.1, -0.05) is 13.8 Å². The van der Waals surface area contributed by atoms with Crippen LogP contribution in [0, 0.1) is 22.7 Å². The number of nitrogens with zero attached hydrogens (tertiary/aromatic N) is 2. The van der Waals surface area contributed by atoms with Crippen molar-refractivity contribution in [2.75, 3.05) is 39.5 Å². The number of allylic oxidation sites excluding steroid dienone is 1. The number of ketones is 1. The van der Waals surface area contributed by atoms with Gasteiger partial charge in [0.1, 0.15) is 11.7 Å². The van der Waals surface area contributed by atoms with Crippen molar-refractivity contribution < 1.29 is 14.3 Å². The predicted octanol–water partition coefficient (Wildman–Crippen LogP) is 1.15. The predicted molar refractivity (Wildman–Crippen MR) is 76.5 cm³/mol. The maximum atomic E-state index is 12.2. The van der Waals surface area contributed by atoms with Gasteiger partial charge in [-0.25, -0.2) is 0 Å². The quantitative estimate of drug-likeness (QED) is 0.763. The third kappa shape index (κ3) is 2.76. The molecule has 0 aromatic carbocycles. The van der Waals surface area contributed by atoms with Crippen LogP contribution in [-0.2, 0) is 14.3 Å². The lowest BCUT2D eigenvalue weighted by atomic mass is 9.69. The van der Waals surface area contributed by atoms with Gasteiger partial charge in [-0.05, 0) is 12.5 Å². The van der Waals surface area contributed by atoms with Crippen LogP contribution < -0.4 is 0 Å². The van der Waals surface area contributed by atoms with Crippen LogP contribution in [0.3, 0.4) is 0 Å². The molecule has 114 valence electrons. The van der Waals surface area contributed by atoms with E-state index in [1.165, 1.54) is 0 Å². The number of Topliss-reactive ketones (excluding diaryl/α,β-unsaturated/α-hetero) is 1. The summed E-state index contributed by atoms with van der Waals surface area (Å²) in [7, 11) is 0.